The van der Waals surface area contributed by atoms with E-state index >= 15 is 0 Å². The van der Waals surface area contributed by atoms with Gasteiger partial charge in [-0.3, -0.25) is 0 Å². The van der Waals surface area contributed by atoms with E-state index in [-0.39, 0.29) is 11.5 Å². The molecule has 0 aliphatic heterocycles. The molecule has 12 rings (SSSR count). The zero-order valence-electron chi connectivity index (χ0n) is 31.9. The highest BCUT2D eigenvalue weighted by atomic mass is 16.3. The van der Waals surface area contributed by atoms with Crippen molar-refractivity contribution in [2.75, 3.05) is 0 Å². The summed E-state index contributed by atoms with van der Waals surface area (Å²) < 4.78 is 11.3. The smallest absolute Gasteiger partial charge is 0.145 e. The minimum atomic E-state index is -0.145. The molecular formula is C53H34N4O. The summed E-state index contributed by atoms with van der Waals surface area (Å²) in [5, 5.41) is 28.0. The lowest BCUT2D eigenvalue weighted by atomic mass is 9.82. The molecular weight excluding hydrogens is 709 g/mol. The van der Waals surface area contributed by atoms with Crippen LogP contribution in [0.4, 0.5) is 0 Å². The van der Waals surface area contributed by atoms with Crippen molar-refractivity contribution in [2.24, 2.45) is 0 Å². The highest BCUT2D eigenvalue weighted by molar-refractivity contribution is 6.24. The molecule has 0 fully saturated rings. The van der Waals surface area contributed by atoms with Crippen molar-refractivity contribution in [3.05, 3.63) is 180 Å². The van der Waals surface area contributed by atoms with Gasteiger partial charge in [0.25, 0.3) is 0 Å². The van der Waals surface area contributed by atoms with Crippen molar-refractivity contribution < 1.29 is 4.42 Å². The van der Waals surface area contributed by atoms with Crippen LogP contribution in [0.3, 0.4) is 0 Å². The van der Waals surface area contributed by atoms with Gasteiger partial charge >= 0.3 is 0 Å². The molecule has 0 spiro atoms. The first kappa shape index (κ1) is 32.6. The van der Waals surface area contributed by atoms with Crippen LogP contribution in [-0.4, -0.2) is 9.13 Å². The Kier molecular flexibility index (Phi) is 6.59. The van der Waals surface area contributed by atoms with Crippen molar-refractivity contribution in [1.29, 1.82) is 10.5 Å². The summed E-state index contributed by atoms with van der Waals surface area (Å²) in [6.07, 6.45) is 4.95. The first-order chi connectivity index (χ1) is 28.5. The summed E-state index contributed by atoms with van der Waals surface area (Å²) in [6.45, 7) is 4.65. The van der Waals surface area contributed by atoms with Gasteiger partial charge in [-0.2, -0.15) is 10.5 Å². The van der Waals surface area contributed by atoms with E-state index in [2.05, 4.69) is 156 Å². The Morgan fingerprint density at radius 2 is 1.38 bits per heavy atom. The van der Waals surface area contributed by atoms with Crippen molar-refractivity contribution >= 4 is 71.1 Å². The molecule has 58 heavy (non-hydrogen) atoms. The van der Waals surface area contributed by atoms with E-state index < -0.39 is 0 Å². The van der Waals surface area contributed by atoms with Crippen LogP contribution in [0.1, 0.15) is 48.6 Å². The Bertz CT molecular complexity index is 3610. The third-order valence-corrected chi connectivity index (χ3v) is 12.9. The molecule has 0 saturated carbocycles. The molecule has 0 N–H and O–H groups in total. The monoisotopic (exact) mass is 742 g/mol. The largest absolute Gasteiger partial charge is 0.455 e. The summed E-state index contributed by atoms with van der Waals surface area (Å²) in [5.41, 5.74) is 14.7. The normalized spacial score (nSPS) is 15.8. The van der Waals surface area contributed by atoms with Gasteiger partial charge in [0, 0.05) is 54.7 Å². The minimum absolute atomic E-state index is 0.110. The van der Waals surface area contributed by atoms with E-state index in [1.807, 2.05) is 30.3 Å². The topological polar surface area (TPSA) is 70.6 Å². The predicted octanol–water partition coefficient (Wildman–Crippen LogP) is 13.4. The number of rotatable bonds is 3. The summed E-state index contributed by atoms with van der Waals surface area (Å²) in [6, 6.07) is 53.9. The van der Waals surface area contributed by atoms with Gasteiger partial charge in [0.2, 0.25) is 0 Å². The fourth-order valence-electron chi connectivity index (χ4n) is 10.3. The minimum Gasteiger partial charge on any atom is -0.455 e. The van der Waals surface area contributed by atoms with E-state index in [1.165, 1.54) is 38.5 Å². The molecule has 2 aliphatic rings. The van der Waals surface area contributed by atoms with E-state index in [0.717, 1.165) is 66.1 Å². The quantitative estimate of drug-likeness (QED) is 0.181. The molecule has 7 aromatic carbocycles. The lowest BCUT2D eigenvalue weighted by molar-refractivity contribution is 0.646. The molecule has 3 aromatic heterocycles. The second-order valence-corrected chi connectivity index (χ2v) is 16.2. The Hall–Kier alpha value is -7.60. The number of hydrogen-bond acceptors (Lipinski definition) is 3. The number of hydrogen-bond donors (Lipinski definition) is 0. The van der Waals surface area contributed by atoms with E-state index in [9.17, 15) is 10.5 Å². The summed E-state index contributed by atoms with van der Waals surface area (Å²) in [7, 11) is 0. The second-order valence-electron chi connectivity index (χ2n) is 16.2. The number of para-hydroxylation sites is 3. The van der Waals surface area contributed by atoms with Crippen molar-refractivity contribution in [2.45, 2.75) is 31.7 Å². The molecule has 10 aromatic rings. The number of furan rings is 1. The van der Waals surface area contributed by atoms with Crippen LogP contribution in [-0.2, 0) is 5.41 Å². The van der Waals surface area contributed by atoms with Gasteiger partial charge in [0.15, 0.2) is 0 Å². The standard InChI is InChI=1S/C53H34N4O/c1-53(2)43-15-7-3-13-39(43)49-44(53)25-23-37-35-11-4-8-16-45(35)57(51(37)49)34-22-20-32(30-55)42(28-34)41-27-33(21-19-31(41)29-54)56-46-17-9-5-14-40(46)50-47(56)26-24-38-36-12-6-10-18-48(36)58-52(38)50/h3-21,23-28,34H,22H2,1-2H3. The first-order valence-corrected chi connectivity index (χ1v) is 19.8. The van der Waals surface area contributed by atoms with Gasteiger partial charge in [0.1, 0.15) is 11.2 Å². The van der Waals surface area contributed by atoms with Gasteiger partial charge < -0.3 is 13.6 Å². The van der Waals surface area contributed by atoms with Crippen molar-refractivity contribution in [1.82, 2.24) is 9.13 Å². The lowest BCUT2D eigenvalue weighted by Gasteiger charge is -2.25. The number of nitrogens with zero attached hydrogens (tertiary/aromatic N) is 4. The zero-order valence-corrected chi connectivity index (χ0v) is 31.9. The van der Waals surface area contributed by atoms with Gasteiger partial charge in [-0.05, 0) is 77.2 Å². The van der Waals surface area contributed by atoms with Gasteiger partial charge in [0.05, 0.1) is 51.3 Å². The molecule has 1 atom stereocenters. The third-order valence-electron chi connectivity index (χ3n) is 12.9. The maximum absolute atomic E-state index is 10.7. The van der Waals surface area contributed by atoms with Crippen LogP contribution in [0.15, 0.2) is 162 Å². The van der Waals surface area contributed by atoms with Crippen LogP contribution in [0.25, 0.3) is 87.9 Å². The molecule has 3 heterocycles. The molecule has 5 nitrogen and oxygen atoms in total. The van der Waals surface area contributed by atoms with Crippen LogP contribution in [0, 0.1) is 22.7 Å². The maximum Gasteiger partial charge on any atom is 0.145 e. The zero-order chi connectivity index (χ0) is 38.9. The average Bonchev–Trinajstić information content (AvgIpc) is 3.98. The molecule has 0 bridgehead atoms. The number of fused-ring (bicyclic) bond motifs is 14. The molecule has 272 valence electrons. The second kappa shape index (κ2) is 11.7. The fourth-order valence-corrected chi connectivity index (χ4v) is 10.3. The molecule has 1 unspecified atom stereocenters. The Balaban J connectivity index is 1.10. The highest BCUT2D eigenvalue weighted by Crippen LogP contribution is 2.53. The summed E-state index contributed by atoms with van der Waals surface area (Å²) in [4.78, 5) is 0. The Morgan fingerprint density at radius 3 is 2.22 bits per heavy atom. The number of benzene rings is 7. The van der Waals surface area contributed by atoms with Crippen LogP contribution in [0.2, 0.25) is 0 Å². The Labute approximate surface area is 334 Å². The van der Waals surface area contributed by atoms with Crippen LogP contribution >= 0.6 is 0 Å². The average molecular weight is 743 g/mol. The predicted molar refractivity (Wildman–Crippen MR) is 235 cm³/mol. The molecule has 0 saturated heterocycles. The Morgan fingerprint density at radius 1 is 0.638 bits per heavy atom. The van der Waals surface area contributed by atoms with Crippen LogP contribution < -0.4 is 0 Å². The lowest BCUT2D eigenvalue weighted by Crippen LogP contribution is -2.15. The van der Waals surface area contributed by atoms with Crippen molar-refractivity contribution in [3.63, 3.8) is 0 Å². The van der Waals surface area contributed by atoms with Gasteiger partial charge in [-0.25, -0.2) is 0 Å². The van der Waals surface area contributed by atoms with E-state index in [0.29, 0.717) is 17.6 Å². The van der Waals surface area contributed by atoms with Crippen LogP contribution in [0.5, 0.6) is 0 Å². The molecule has 5 heteroatoms. The highest BCUT2D eigenvalue weighted by Gasteiger charge is 2.38. The maximum atomic E-state index is 10.7. The molecule has 0 amide bonds. The fraction of sp³-hybridized carbons (Fsp3) is 0.0943. The SMILES string of the molecule is CC1(C)c2ccccc2-c2c1ccc1c3ccccc3n(C3C=C(c4cc(-n5c6ccccc6c6c7oc8ccccc8c7ccc65)ccc4C#N)C(C#N)=CC3)c21. The van der Waals surface area contributed by atoms with E-state index in [1.54, 1.807) is 0 Å². The number of nitriles is 2. The van der Waals surface area contributed by atoms with Gasteiger partial charge in [-0.1, -0.05) is 117 Å². The van der Waals surface area contributed by atoms with E-state index in [4.69, 9.17) is 4.42 Å². The summed E-state index contributed by atoms with van der Waals surface area (Å²) >= 11 is 0. The molecule has 2 aliphatic carbocycles. The summed E-state index contributed by atoms with van der Waals surface area (Å²) in [5.74, 6) is 0. The third kappa shape index (κ3) is 4.23. The first-order valence-electron chi connectivity index (χ1n) is 19.8. The number of aromatic nitrogens is 2. The van der Waals surface area contributed by atoms with Gasteiger partial charge in [-0.15, -0.1) is 0 Å². The van der Waals surface area contributed by atoms with Crippen molar-refractivity contribution in [3.8, 4) is 29.0 Å². The molecule has 0 radical (unpaired) electrons. The number of allylic oxidation sites excluding steroid dienone is 4.